The molecule has 0 saturated carbocycles. The minimum atomic E-state index is -1.08. The second-order valence-electron chi connectivity index (χ2n) is 19.5. The van der Waals surface area contributed by atoms with Crippen molar-refractivity contribution in [3.8, 4) is 0 Å². The maximum absolute atomic E-state index is 14.4. The summed E-state index contributed by atoms with van der Waals surface area (Å²) in [7, 11) is 0. The van der Waals surface area contributed by atoms with Crippen molar-refractivity contribution < 1.29 is 47.8 Å². The first-order valence-corrected chi connectivity index (χ1v) is 25.8. The van der Waals surface area contributed by atoms with Gasteiger partial charge in [-0.3, -0.25) is 38.4 Å². The summed E-state index contributed by atoms with van der Waals surface area (Å²) >= 11 is 0. The van der Waals surface area contributed by atoms with Gasteiger partial charge in [0.25, 0.3) is 56.9 Å². The molecule has 448 valence electrons. The van der Waals surface area contributed by atoms with Gasteiger partial charge in [-0.05, 0) is 95.8 Å². The Balaban J connectivity index is 0.000000209. The monoisotopic (exact) mass is 1200 g/mol. The molecule has 30 nitrogen and oxygen atoms in total. The largest absolute Gasteiger partial charge is 0.478 e. The number of aryl methyl sites for hydroxylation is 2. The number of fused-ring (bicyclic) bond motifs is 2. The molecule has 6 aromatic carbocycles. The van der Waals surface area contributed by atoms with Crippen LogP contribution in [0.4, 0.5) is 31.5 Å². The van der Waals surface area contributed by atoms with E-state index in [1.165, 1.54) is 42.5 Å². The van der Waals surface area contributed by atoms with Crippen molar-refractivity contribution >= 4 is 69.9 Å². The van der Waals surface area contributed by atoms with Crippen molar-refractivity contribution in [3.05, 3.63) is 237 Å². The number of aromatic nitrogens is 8. The molecular weight excluding hydrogens is 1160 g/mol. The Bertz CT molecular complexity index is 4820. The molecule has 0 atom stereocenters. The Morgan fingerprint density at radius 1 is 0.477 bits per heavy atom. The zero-order valence-electron chi connectivity index (χ0n) is 45.7. The van der Waals surface area contributed by atoms with E-state index in [2.05, 4.69) is 62.3 Å². The molecule has 88 heavy (non-hydrogen) atoms. The third-order valence-corrected chi connectivity index (χ3v) is 13.6. The number of benzene rings is 4. The molecule has 4 aromatic heterocycles. The number of aromatic carboxylic acids is 2. The first-order valence-electron chi connectivity index (χ1n) is 25.8. The van der Waals surface area contributed by atoms with Crippen LogP contribution >= 0.6 is 0 Å². The summed E-state index contributed by atoms with van der Waals surface area (Å²) in [6.07, 6.45) is 0. The molecule has 0 aliphatic heterocycles. The van der Waals surface area contributed by atoms with E-state index in [-0.39, 0.29) is 119 Å². The molecule has 0 fully saturated rings. The van der Waals surface area contributed by atoms with Crippen LogP contribution in [0.25, 0.3) is 11.6 Å². The normalized spacial score (nSPS) is 11.0. The van der Waals surface area contributed by atoms with E-state index in [1.54, 1.807) is 38.1 Å². The lowest BCUT2D eigenvalue weighted by Gasteiger charge is -2.12. The fourth-order valence-corrected chi connectivity index (χ4v) is 8.92. The predicted molar refractivity (Wildman–Crippen MR) is 307 cm³/mol. The Morgan fingerprint density at radius 2 is 0.818 bits per heavy atom. The number of carbonyl (C=O) groups is 6. The van der Waals surface area contributed by atoms with Gasteiger partial charge in [0.15, 0.2) is 0 Å². The highest BCUT2D eigenvalue weighted by Crippen LogP contribution is 2.19. The van der Waals surface area contributed by atoms with Gasteiger partial charge >= 0.3 is 23.3 Å². The Labute approximate surface area is 488 Å². The number of carboxylic acids is 2. The van der Waals surface area contributed by atoms with E-state index in [0.29, 0.717) is 33.4 Å². The average Bonchev–Trinajstić information content (AvgIpc) is 3.07. The van der Waals surface area contributed by atoms with Gasteiger partial charge in [0, 0.05) is 50.4 Å². The highest BCUT2D eigenvalue weighted by atomic mass is 19.1. The van der Waals surface area contributed by atoms with Gasteiger partial charge < -0.3 is 53.6 Å². The summed E-state index contributed by atoms with van der Waals surface area (Å²) in [6.45, 7) is 2.78. The van der Waals surface area contributed by atoms with Gasteiger partial charge in [0.2, 0.25) is 0 Å². The highest BCUT2D eigenvalue weighted by Gasteiger charge is 2.24. The molecule has 32 heteroatoms. The van der Waals surface area contributed by atoms with Crippen molar-refractivity contribution in [2.45, 2.75) is 53.1 Å². The molecule has 4 heterocycles. The van der Waals surface area contributed by atoms with Gasteiger partial charge in [-0.25, -0.2) is 56.9 Å². The zero-order chi connectivity index (χ0) is 63.4. The van der Waals surface area contributed by atoms with Gasteiger partial charge in [0.1, 0.15) is 57.2 Å². The van der Waals surface area contributed by atoms with E-state index in [0.717, 1.165) is 27.0 Å². The number of nitrogens with one attached hydrogen (secondary N) is 8. The van der Waals surface area contributed by atoms with Crippen LogP contribution in [-0.2, 0) is 39.3 Å². The molecule has 0 aliphatic rings. The fourth-order valence-electron chi connectivity index (χ4n) is 8.92. The third kappa shape index (κ3) is 12.6. The second kappa shape index (κ2) is 24.8. The zero-order valence-corrected chi connectivity index (χ0v) is 45.7. The molecule has 0 spiro atoms. The van der Waals surface area contributed by atoms with Crippen LogP contribution in [0, 0.1) is 25.5 Å². The van der Waals surface area contributed by atoms with Crippen molar-refractivity contribution in [2.75, 3.05) is 22.1 Å². The van der Waals surface area contributed by atoms with Crippen LogP contribution in [0.2, 0.25) is 0 Å². The molecule has 10 aromatic rings. The lowest BCUT2D eigenvalue weighted by Crippen LogP contribution is -2.37. The van der Waals surface area contributed by atoms with Crippen molar-refractivity contribution in [2.24, 2.45) is 0 Å². The minimum absolute atomic E-state index is 0.00633. The molecule has 10 rings (SSSR count). The Kier molecular flexibility index (Phi) is 17.0. The molecule has 14 N–H and O–H groups in total. The van der Waals surface area contributed by atoms with Crippen LogP contribution in [0.5, 0.6) is 0 Å². The predicted octanol–water partition coefficient (Wildman–Crippen LogP) is 0.427. The number of anilines is 4. The summed E-state index contributed by atoms with van der Waals surface area (Å²) in [4.78, 5) is 153. The van der Waals surface area contributed by atoms with E-state index >= 15 is 0 Å². The number of nitrogens with zero attached hydrogens (tertiary/aromatic N) is 6. The van der Waals surface area contributed by atoms with Crippen LogP contribution in [-0.4, -0.2) is 84.9 Å². The van der Waals surface area contributed by atoms with Gasteiger partial charge in [0.05, 0.1) is 11.1 Å². The SMILES string of the molecule is Cc1cc(CNC(=O)c2cc(C(=O)NCc3ccc(F)c(CNc4c(N)c(=O)c4=O)c3)n3c(=O)[nH]nc3n2)ccc1C(=O)O.Cc1cc(CNC(=O)c2cc(C(=O)NCc3ccc(F)c(CNc4c(N)c(=O)c4=O)c3)nc3n[nH]c(=O)n23)ccc1C(=O)O. The van der Waals surface area contributed by atoms with E-state index in [9.17, 15) is 76.5 Å². The number of aromatic amines is 2. The van der Waals surface area contributed by atoms with E-state index in [4.69, 9.17) is 11.5 Å². The highest BCUT2D eigenvalue weighted by molar-refractivity contribution is 5.99. The first kappa shape index (κ1) is 60.2. The fraction of sp³-hybridized carbons (Fsp3) is 0.143. The molecule has 4 amide bonds. The standard InChI is InChI=1S/2C28H23FN8O7/c1-12-6-13(2-4-16(12)26(42)43)9-33-25(41)19-8-18(34-27-35-36-28(44)37(19)27)24(40)32-10-14-3-5-17(29)15(7-14)11-31-21-20(30)22(38)23(21)39;1-12-6-13(2-4-16(12)26(42)43)9-32-24(40)18-8-19(37-27(34-18)35-36-28(37)44)25(41)33-10-14-3-5-17(29)15(7-14)11-31-21-20(30)22(38)23(21)39/h2*2-8,31H,9-11,30H2,1H3,(H,32,40)(H,33,41)(H,36,44)(H,42,43). The summed E-state index contributed by atoms with van der Waals surface area (Å²) < 4.78 is 30.5. The number of carboxylic acid groups (broad SMARTS) is 2. The summed E-state index contributed by atoms with van der Waals surface area (Å²) in [5.74, 6) is -6.72. The molecule has 0 bridgehead atoms. The molecule has 0 unspecified atom stereocenters. The lowest BCUT2D eigenvalue weighted by atomic mass is 10.1. The van der Waals surface area contributed by atoms with Crippen LogP contribution in [0.1, 0.15) is 107 Å². The summed E-state index contributed by atoms with van der Waals surface area (Å²) in [5.41, 5.74) is 8.39. The molecule has 0 aliphatic carbocycles. The Morgan fingerprint density at radius 3 is 1.16 bits per heavy atom. The van der Waals surface area contributed by atoms with Crippen LogP contribution in [0.3, 0.4) is 0 Å². The van der Waals surface area contributed by atoms with Gasteiger partial charge in [-0.1, -0.05) is 36.4 Å². The molecule has 0 radical (unpaired) electrons. The topological polar surface area (TPSA) is 461 Å². The molecule has 0 saturated heterocycles. The minimum Gasteiger partial charge on any atom is -0.478 e. The molecular formula is C56H46F2N16O14. The smallest absolute Gasteiger partial charge is 0.349 e. The number of amides is 4. The third-order valence-electron chi connectivity index (χ3n) is 13.6. The van der Waals surface area contributed by atoms with Gasteiger partial charge in [-0.15, -0.1) is 10.2 Å². The maximum atomic E-state index is 14.4. The number of hydrogen-bond acceptors (Lipinski definition) is 20. The van der Waals surface area contributed by atoms with Crippen molar-refractivity contribution in [3.63, 3.8) is 0 Å². The van der Waals surface area contributed by atoms with E-state index < -0.39 is 80.3 Å². The Hall–Kier alpha value is -12.4. The summed E-state index contributed by atoms with van der Waals surface area (Å²) in [6, 6.07) is 19.4. The average molecular weight is 1210 g/mol. The van der Waals surface area contributed by atoms with Crippen LogP contribution < -0.4 is 76.5 Å². The van der Waals surface area contributed by atoms with Crippen molar-refractivity contribution in [1.29, 1.82) is 0 Å². The maximum Gasteiger partial charge on any atom is 0.349 e. The number of halogens is 2. The quantitative estimate of drug-likeness (QED) is 0.0460. The van der Waals surface area contributed by atoms with E-state index in [1.807, 2.05) is 0 Å². The number of nitrogens with two attached hydrogens (primary N) is 2. The number of nitrogen functional groups attached to an aromatic ring is 2. The van der Waals surface area contributed by atoms with Gasteiger partial charge in [-0.2, -0.15) is 0 Å². The van der Waals surface area contributed by atoms with Crippen LogP contribution in [0.15, 0.2) is 114 Å². The number of H-pyrrole nitrogens is 2. The summed E-state index contributed by atoms with van der Waals surface area (Å²) in [5, 5.41) is 46.0. The second-order valence-corrected chi connectivity index (χ2v) is 19.5. The lowest BCUT2D eigenvalue weighted by molar-refractivity contribution is 0.0685. The van der Waals surface area contributed by atoms with Crippen molar-refractivity contribution in [1.82, 2.24) is 60.4 Å². The number of carbonyl (C=O) groups excluding carboxylic acids is 4. The first-order chi connectivity index (χ1) is 41.9. The number of hydrogen-bond donors (Lipinski definition) is 12. The number of rotatable bonds is 20.